The van der Waals surface area contributed by atoms with E-state index in [1.54, 1.807) is 6.08 Å². The summed E-state index contributed by atoms with van der Waals surface area (Å²) < 4.78 is 0. The Bertz CT molecular complexity index is 369. The summed E-state index contributed by atoms with van der Waals surface area (Å²) in [4.78, 5) is 22.8. The maximum absolute atomic E-state index is 11.8. The molecule has 1 aliphatic carbocycles. The van der Waals surface area contributed by atoms with Gasteiger partial charge in [-0.25, -0.2) is 4.79 Å². The molecule has 1 rings (SSSR count). The number of hydrogen-bond donors (Lipinski definition) is 2. The van der Waals surface area contributed by atoms with E-state index in [1.165, 1.54) is 0 Å². The number of alkyl halides is 1. The van der Waals surface area contributed by atoms with Crippen LogP contribution >= 0.6 is 11.6 Å². The van der Waals surface area contributed by atoms with Crippen molar-refractivity contribution in [1.29, 1.82) is 0 Å². The van der Waals surface area contributed by atoms with Crippen LogP contribution < -0.4 is 5.32 Å². The van der Waals surface area contributed by atoms with Crippen molar-refractivity contribution in [2.24, 2.45) is 11.3 Å². The number of hydrogen-bond acceptors (Lipinski definition) is 2. The van der Waals surface area contributed by atoms with Crippen LogP contribution in [0.1, 0.15) is 39.5 Å². The minimum atomic E-state index is -1.09. The molecule has 0 aromatic carbocycles. The number of amides is 1. The molecule has 0 aliphatic heterocycles. The van der Waals surface area contributed by atoms with Gasteiger partial charge in [-0.15, -0.1) is 11.6 Å². The summed E-state index contributed by atoms with van der Waals surface area (Å²) >= 11 is 5.54. The Balaban J connectivity index is 0.00000324. The normalized spacial score (nSPS) is 20.4. The van der Waals surface area contributed by atoms with E-state index in [9.17, 15) is 9.59 Å². The standard InChI is InChI=1S/C13H20ClNO3.Na/c1-13(2)8-9(13)11(16)15-10(12(17)18)6-4-3-5-7-14;/h6,9H,3-5,7-8H2,1-2H3,(H,15,16)(H,17,18);/t9-;/m1./s1. The van der Waals surface area contributed by atoms with Gasteiger partial charge >= 0.3 is 5.97 Å². The number of carbonyl (C=O) groups excluding carboxylic acids is 1. The molecule has 1 atom stereocenters. The van der Waals surface area contributed by atoms with E-state index in [0.717, 1.165) is 19.3 Å². The smallest absolute Gasteiger partial charge is 0.352 e. The van der Waals surface area contributed by atoms with E-state index in [4.69, 9.17) is 16.7 Å². The predicted octanol–water partition coefficient (Wildman–Crippen LogP) is 2.15. The van der Waals surface area contributed by atoms with Crippen molar-refractivity contribution in [3.05, 3.63) is 11.8 Å². The molecule has 103 valence electrons. The number of allylic oxidation sites excluding steroid dienone is 1. The van der Waals surface area contributed by atoms with Crippen LogP contribution in [0.4, 0.5) is 0 Å². The average molecular weight is 297 g/mol. The van der Waals surface area contributed by atoms with Gasteiger partial charge in [-0.2, -0.15) is 0 Å². The van der Waals surface area contributed by atoms with Crippen molar-refractivity contribution in [3.63, 3.8) is 0 Å². The van der Waals surface area contributed by atoms with Gasteiger partial charge in [0.1, 0.15) is 5.70 Å². The fourth-order valence-electron chi connectivity index (χ4n) is 1.81. The number of unbranched alkanes of at least 4 members (excludes halogenated alkanes) is 2. The number of aliphatic carboxylic acids is 1. The van der Waals surface area contributed by atoms with Gasteiger partial charge in [0.15, 0.2) is 0 Å². The van der Waals surface area contributed by atoms with Crippen molar-refractivity contribution in [2.75, 3.05) is 5.88 Å². The molecule has 0 saturated heterocycles. The minimum Gasteiger partial charge on any atom is -0.477 e. The number of halogens is 1. The molecule has 1 amide bonds. The van der Waals surface area contributed by atoms with Crippen LogP contribution in [-0.4, -0.2) is 52.4 Å². The molecule has 0 aromatic rings. The molecule has 0 heterocycles. The number of carboxylic acids is 1. The molecule has 6 heteroatoms. The zero-order valence-electron chi connectivity index (χ0n) is 11.8. The van der Waals surface area contributed by atoms with E-state index in [1.807, 2.05) is 13.8 Å². The molecule has 1 aliphatic rings. The zero-order valence-corrected chi connectivity index (χ0v) is 14.6. The van der Waals surface area contributed by atoms with Crippen LogP contribution in [0.15, 0.2) is 11.8 Å². The second-order valence-corrected chi connectivity index (χ2v) is 5.72. The number of carboxylic acid groups (broad SMARTS) is 1. The molecule has 2 N–H and O–H groups in total. The van der Waals surface area contributed by atoms with Crippen molar-refractivity contribution in [3.8, 4) is 0 Å². The van der Waals surface area contributed by atoms with E-state index in [0.29, 0.717) is 12.3 Å². The van der Waals surface area contributed by atoms with Crippen molar-refractivity contribution >= 4 is 53.0 Å². The number of rotatable bonds is 7. The molecule has 1 fully saturated rings. The summed E-state index contributed by atoms with van der Waals surface area (Å²) in [6.45, 7) is 4.00. The first-order valence-electron chi connectivity index (χ1n) is 6.19. The topological polar surface area (TPSA) is 66.4 Å². The van der Waals surface area contributed by atoms with Gasteiger partial charge in [-0.3, -0.25) is 4.79 Å². The third-order valence-corrected chi connectivity index (χ3v) is 3.52. The van der Waals surface area contributed by atoms with E-state index in [-0.39, 0.29) is 52.5 Å². The molecule has 4 nitrogen and oxygen atoms in total. The third kappa shape index (κ3) is 6.30. The average Bonchev–Trinajstić information content (AvgIpc) is 2.92. The maximum Gasteiger partial charge on any atom is 0.352 e. The molecular formula is C13H20ClNNaO3. The predicted molar refractivity (Wildman–Crippen MR) is 76.1 cm³/mol. The molecule has 0 aromatic heterocycles. The fourth-order valence-corrected chi connectivity index (χ4v) is 2.00. The molecule has 0 spiro atoms. The third-order valence-electron chi connectivity index (χ3n) is 3.25. The summed E-state index contributed by atoms with van der Waals surface area (Å²) in [5, 5.41) is 11.5. The Hall–Kier alpha value is -0.0300. The van der Waals surface area contributed by atoms with Crippen LogP contribution in [-0.2, 0) is 9.59 Å². The first kappa shape index (κ1) is 19.0. The zero-order chi connectivity index (χ0) is 13.8. The van der Waals surface area contributed by atoms with E-state index in [2.05, 4.69) is 5.32 Å². The summed E-state index contributed by atoms with van der Waals surface area (Å²) in [5.74, 6) is -0.777. The van der Waals surface area contributed by atoms with Gasteiger partial charge in [0.05, 0.1) is 0 Å². The second kappa shape index (κ2) is 8.30. The molecular weight excluding hydrogens is 277 g/mol. The van der Waals surface area contributed by atoms with Gasteiger partial charge in [-0.05, 0) is 31.1 Å². The van der Waals surface area contributed by atoms with E-state index >= 15 is 0 Å². The van der Waals surface area contributed by atoms with E-state index < -0.39 is 5.97 Å². The molecule has 1 radical (unpaired) electrons. The van der Waals surface area contributed by atoms with Gasteiger partial charge < -0.3 is 10.4 Å². The fraction of sp³-hybridized carbons (Fsp3) is 0.692. The first-order chi connectivity index (χ1) is 8.38. The van der Waals surface area contributed by atoms with Gasteiger partial charge in [0, 0.05) is 41.4 Å². The largest absolute Gasteiger partial charge is 0.477 e. The van der Waals surface area contributed by atoms with Crippen LogP contribution in [0.3, 0.4) is 0 Å². The van der Waals surface area contributed by atoms with Crippen molar-refractivity contribution < 1.29 is 14.7 Å². The summed E-state index contributed by atoms with van der Waals surface area (Å²) in [6, 6.07) is 0. The SMILES string of the molecule is CC1(C)C[C@@H]1C(=O)NC(=CCCCCCl)C(=O)O.[Na]. The second-order valence-electron chi connectivity index (χ2n) is 5.34. The van der Waals surface area contributed by atoms with Crippen molar-refractivity contribution in [2.45, 2.75) is 39.5 Å². The Labute approximate surface area is 141 Å². The van der Waals surface area contributed by atoms with Gasteiger partial charge in [0.25, 0.3) is 0 Å². The Kier molecular flexibility index (Phi) is 8.29. The van der Waals surface area contributed by atoms with Crippen molar-refractivity contribution in [1.82, 2.24) is 5.32 Å². The number of carbonyl (C=O) groups is 2. The summed E-state index contributed by atoms with van der Waals surface area (Å²) in [6.07, 6.45) is 4.66. The van der Waals surface area contributed by atoms with Crippen LogP contribution in [0.2, 0.25) is 0 Å². The van der Waals surface area contributed by atoms with Crippen LogP contribution in [0.25, 0.3) is 0 Å². The molecule has 0 unspecified atom stereocenters. The van der Waals surface area contributed by atoms with Gasteiger partial charge in [0.2, 0.25) is 5.91 Å². The Morgan fingerprint density at radius 2 is 2.00 bits per heavy atom. The quantitative estimate of drug-likeness (QED) is 0.327. The first-order valence-corrected chi connectivity index (χ1v) is 6.72. The molecule has 0 bridgehead atoms. The van der Waals surface area contributed by atoms with Crippen LogP contribution in [0.5, 0.6) is 0 Å². The molecule has 19 heavy (non-hydrogen) atoms. The molecule has 1 saturated carbocycles. The van der Waals surface area contributed by atoms with Crippen LogP contribution in [0, 0.1) is 11.3 Å². The Morgan fingerprint density at radius 3 is 2.42 bits per heavy atom. The summed E-state index contributed by atoms with van der Waals surface area (Å²) in [5.41, 5.74) is -0.0101. The minimum absolute atomic E-state index is 0. The van der Waals surface area contributed by atoms with Gasteiger partial charge in [-0.1, -0.05) is 19.9 Å². The summed E-state index contributed by atoms with van der Waals surface area (Å²) in [7, 11) is 0. The Morgan fingerprint density at radius 1 is 1.42 bits per heavy atom. The number of nitrogens with one attached hydrogen (secondary N) is 1. The maximum atomic E-state index is 11.8. The monoisotopic (exact) mass is 296 g/mol.